The molecule has 1 atom stereocenters. The minimum Gasteiger partial charge on any atom is -0.488 e. The summed E-state index contributed by atoms with van der Waals surface area (Å²) in [4.78, 5) is 0. The highest BCUT2D eigenvalue weighted by Crippen LogP contribution is 2.29. The van der Waals surface area contributed by atoms with Gasteiger partial charge in [-0.1, -0.05) is 24.1 Å². The first-order valence-electron chi connectivity index (χ1n) is 6.31. The van der Waals surface area contributed by atoms with Crippen molar-refractivity contribution < 1.29 is 4.74 Å². The van der Waals surface area contributed by atoms with Crippen LogP contribution in [-0.4, -0.2) is 18.7 Å². The Morgan fingerprint density at radius 2 is 2.25 bits per heavy atom. The van der Waals surface area contributed by atoms with Crippen LogP contribution in [0.25, 0.3) is 0 Å². The third-order valence-corrected chi connectivity index (χ3v) is 3.70. The summed E-state index contributed by atoms with van der Waals surface area (Å²) in [6.07, 6.45) is 5.49. The van der Waals surface area contributed by atoms with E-state index in [-0.39, 0.29) is 0 Å². The zero-order chi connectivity index (χ0) is 11.0. The number of hydrogen-bond acceptors (Lipinski definition) is 2. The quantitative estimate of drug-likeness (QED) is 0.839. The van der Waals surface area contributed by atoms with Gasteiger partial charge in [0.05, 0.1) is 0 Å². The number of ether oxygens (including phenoxy) is 1. The van der Waals surface area contributed by atoms with Crippen molar-refractivity contribution in [3.63, 3.8) is 0 Å². The van der Waals surface area contributed by atoms with Crippen LogP contribution in [0.4, 0.5) is 0 Å². The Balaban J connectivity index is 1.57. The first-order valence-corrected chi connectivity index (χ1v) is 6.31. The minimum atomic E-state index is 0.345. The highest BCUT2D eigenvalue weighted by molar-refractivity contribution is 5.40. The first kappa shape index (κ1) is 10.2. The molecule has 2 nitrogen and oxygen atoms in total. The van der Waals surface area contributed by atoms with Crippen LogP contribution in [0.2, 0.25) is 0 Å². The van der Waals surface area contributed by atoms with Crippen LogP contribution in [0.1, 0.15) is 30.4 Å². The molecule has 1 aliphatic heterocycles. The summed E-state index contributed by atoms with van der Waals surface area (Å²) in [5.41, 5.74) is 2.70. The van der Waals surface area contributed by atoms with Gasteiger partial charge in [0.25, 0.3) is 0 Å². The molecule has 16 heavy (non-hydrogen) atoms. The molecule has 0 aromatic heterocycles. The van der Waals surface area contributed by atoms with E-state index >= 15 is 0 Å². The van der Waals surface area contributed by atoms with Crippen LogP contribution in [0.5, 0.6) is 5.75 Å². The van der Waals surface area contributed by atoms with Gasteiger partial charge in [-0.25, -0.2) is 0 Å². The molecule has 1 aliphatic carbocycles. The van der Waals surface area contributed by atoms with Gasteiger partial charge in [0.2, 0.25) is 0 Å². The van der Waals surface area contributed by atoms with Crippen LogP contribution in [0.3, 0.4) is 0 Å². The lowest BCUT2D eigenvalue weighted by atomic mass is 9.93. The number of benzene rings is 1. The third kappa shape index (κ3) is 1.94. The van der Waals surface area contributed by atoms with E-state index in [1.807, 2.05) is 0 Å². The molecule has 0 radical (unpaired) electrons. The van der Waals surface area contributed by atoms with Gasteiger partial charge in [-0.3, -0.25) is 0 Å². The van der Waals surface area contributed by atoms with Crippen molar-refractivity contribution in [1.82, 2.24) is 5.32 Å². The Hall–Kier alpha value is -1.02. The maximum atomic E-state index is 5.92. The largest absolute Gasteiger partial charge is 0.488 e. The molecule has 0 spiro atoms. The number of rotatable bonds is 3. The van der Waals surface area contributed by atoms with Crippen molar-refractivity contribution in [3.05, 3.63) is 29.3 Å². The molecule has 1 saturated carbocycles. The standard InChI is InChI=1S/C14H19NO/c1-10-5-6-14-11(7-10)8-13(16-14)9-15-12-3-2-4-12/h5-7,12-13,15H,2-4,8-9H2,1H3. The van der Waals surface area contributed by atoms with E-state index in [0.717, 1.165) is 24.8 Å². The molecule has 1 aromatic rings. The molecule has 1 unspecified atom stereocenters. The fraction of sp³-hybridized carbons (Fsp3) is 0.571. The molecule has 0 amide bonds. The van der Waals surface area contributed by atoms with Crippen LogP contribution in [0, 0.1) is 6.92 Å². The van der Waals surface area contributed by atoms with E-state index < -0.39 is 0 Å². The van der Waals surface area contributed by atoms with Gasteiger partial charge in [-0.05, 0) is 31.4 Å². The molecule has 0 saturated heterocycles. The molecule has 1 aromatic carbocycles. The molecule has 0 bridgehead atoms. The third-order valence-electron chi connectivity index (χ3n) is 3.70. The van der Waals surface area contributed by atoms with Crippen LogP contribution in [0.15, 0.2) is 18.2 Å². The fourth-order valence-electron chi connectivity index (χ4n) is 2.47. The predicted octanol–water partition coefficient (Wildman–Crippen LogP) is 2.44. The van der Waals surface area contributed by atoms with E-state index in [2.05, 4.69) is 30.4 Å². The smallest absolute Gasteiger partial charge is 0.123 e. The molecule has 2 aliphatic rings. The Morgan fingerprint density at radius 1 is 1.38 bits per heavy atom. The average Bonchev–Trinajstić information content (AvgIpc) is 2.57. The maximum absolute atomic E-state index is 5.92. The van der Waals surface area contributed by atoms with Crippen LogP contribution in [-0.2, 0) is 6.42 Å². The lowest BCUT2D eigenvalue weighted by molar-refractivity contribution is 0.207. The van der Waals surface area contributed by atoms with Crippen molar-refractivity contribution in [2.45, 2.75) is 44.8 Å². The summed E-state index contributed by atoms with van der Waals surface area (Å²) < 4.78 is 5.92. The van der Waals surface area contributed by atoms with Crippen LogP contribution < -0.4 is 10.1 Å². The second-order valence-corrected chi connectivity index (χ2v) is 5.09. The van der Waals surface area contributed by atoms with Gasteiger partial charge in [0.15, 0.2) is 0 Å². The summed E-state index contributed by atoms with van der Waals surface area (Å²) in [5, 5.41) is 3.59. The van der Waals surface area contributed by atoms with Gasteiger partial charge in [-0.15, -0.1) is 0 Å². The zero-order valence-electron chi connectivity index (χ0n) is 9.83. The van der Waals surface area contributed by atoms with E-state index in [1.165, 1.54) is 30.4 Å². The highest BCUT2D eigenvalue weighted by Gasteiger charge is 2.24. The van der Waals surface area contributed by atoms with Crippen molar-refractivity contribution in [1.29, 1.82) is 0 Å². The summed E-state index contributed by atoms with van der Waals surface area (Å²) in [6, 6.07) is 7.24. The maximum Gasteiger partial charge on any atom is 0.123 e. The fourth-order valence-corrected chi connectivity index (χ4v) is 2.47. The van der Waals surface area contributed by atoms with Crippen molar-refractivity contribution in [2.24, 2.45) is 0 Å². The Morgan fingerprint density at radius 3 is 3.00 bits per heavy atom. The molecular formula is C14H19NO. The van der Waals surface area contributed by atoms with Crippen LogP contribution >= 0.6 is 0 Å². The number of fused-ring (bicyclic) bond motifs is 1. The summed E-state index contributed by atoms with van der Waals surface area (Å²) in [5.74, 6) is 1.09. The van der Waals surface area contributed by atoms with E-state index in [0.29, 0.717) is 6.10 Å². The van der Waals surface area contributed by atoms with E-state index in [9.17, 15) is 0 Å². The normalized spacial score (nSPS) is 23.7. The van der Waals surface area contributed by atoms with E-state index in [1.54, 1.807) is 0 Å². The molecule has 2 heteroatoms. The summed E-state index contributed by atoms with van der Waals surface area (Å²) >= 11 is 0. The van der Waals surface area contributed by atoms with Gasteiger partial charge in [0.1, 0.15) is 11.9 Å². The van der Waals surface area contributed by atoms with Gasteiger partial charge < -0.3 is 10.1 Å². The van der Waals surface area contributed by atoms with Gasteiger partial charge in [0, 0.05) is 19.0 Å². The topological polar surface area (TPSA) is 21.3 Å². The minimum absolute atomic E-state index is 0.345. The van der Waals surface area contributed by atoms with E-state index in [4.69, 9.17) is 4.74 Å². The van der Waals surface area contributed by atoms with Gasteiger partial charge >= 0.3 is 0 Å². The van der Waals surface area contributed by atoms with Crippen molar-refractivity contribution >= 4 is 0 Å². The van der Waals surface area contributed by atoms with Crippen molar-refractivity contribution in [3.8, 4) is 5.75 Å². The summed E-state index contributed by atoms with van der Waals surface area (Å²) in [7, 11) is 0. The second-order valence-electron chi connectivity index (χ2n) is 5.09. The molecule has 1 N–H and O–H groups in total. The SMILES string of the molecule is Cc1ccc2c(c1)CC(CNC1CCC1)O2. The van der Waals surface area contributed by atoms with Crippen molar-refractivity contribution in [2.75, 3.05) is 6.54 Å². The average molecular weight is 217 g/mol. The molecule has 3 rings (SSSR count). The Bertz CT molecular complexity index is 384. The Labute approximate surface area is 97.0 Å². The number of hydrogen-bond donors (Lipinski definition) is 1. The van der Waals surface area contributed by atoms with Gasteiger partial charge in [-0.2, -0.15) is 0 Å². The molecule has 86 valence electrons. The highest BCUT2D eigenvalue weighted by atomic mass is 16.5. The first-order chi connectivity index (χ1) is 7.81. The monoisotopic (exact) mass is 217 g/mol. The molecular weight excluding hydrogens is 198 g/mol. The number of nitrogens with one attached hydrogen (secondary N) is 1. The lowest BCUT2D eigenvalue weighted by Crippen LogP contribution is -2.41. The molecule has 1 fully saturated rings. The lowest BCUT2D eigenvalue weighted by Gasteiger charge is -2.27. The second kappa shape index (κ2) is 4.10. The predicted molar refractivity (Wildman–Crippen MR) is 64.9 cm³/mol. The summed E-state index contributed by atoms with van der Waals surface area (Å²) in [6.45, 7) is 3.14. The Kier molecular flexibility index (Phi) is 2.60. The molecule has 1 heterocycles. The number of aryl methyl sites for hydroxylation is 1. The zero-order valence-corrected chi connectivity index (χ0v) is 9.83.